The van der Waals surface area contributed by atoms with Crippen LogP contribution in [0.2, 0.25) is 0 Å². The van der Waals surface area contributed by atoms with E-state index < -0.39 is 0 Å². The molecule has 1 aromatic carbocycles. The van der Waals surface area contributed by atoms with Gasteiger partial charge >= 0.3 is 0 Å². The van der Waals surface area contributed by atoms with Crippen LogP contribution in [0.15, 0.2) is 54.9 Å². The monoisotopic (exact) mass is 209 g/mol. The van der Waals surface area contributed by atoms with Crippen molar-refractivity contribution < 1.29 is 0 Å². The Labute approximate surface area is 93.1 Å². The maximum Gasteiger partial charge on any atom is 0.125 e. The van der Waals surface area contributed by atoms with Crippen LogP contribution in [0.5, 0.6) is 0 Å². The van der Waals surface area contributed by atoms with Gasteiger partial charge in [0.05, 0.1) is 11.2 Å². The van der Waals surface area contributed by atoms with Crippen LogP contribution < -0.4 is 5.73 Å². The number of nitrogens with zero attached hydrogens (tertiary/aromatic N) is 2. The molecule has 2 aromatic heterocycles. The topological polar surface area (TPSA) is 43.8 Å². The lowest BCUT2D eigenvalue weighted by Crippen LogP contribution is -1.95. The van der Waals surface area contributed by atoms with Crippen molar-refractivity contribution in [2.45, 2.75) is 0 Å². The Bertz CT molecular complexity index is 640. The molecule has 3 rings (SSSR count). The quantitative estimate of drug-likeness (QED) is 0.669. The van der Waals surface area contributed by atoms with E-state index in [0.717, 1.165) is 5.69 Å². The van der Waals surface area contributed by atoms with Crippen molar-refractivity contribution in [1.82, 2.24) is 9.55 Å². The third-order valence-electron chi connectivity index (χ3n) is 2.64. The van der Waals surface area contributed by atoms with E-state index >= 15 is 0 Å². The van der Waals surface area contributed by atoms with E-state index in [1.165, 1.54) is 10.9 Å². The van der Waals surface area contributed by atoms with Crippen molar-refractivity contribution >= 4 is 16.7 Å². The smallest absolute Gasteiger partial charge is 0.125 e. The fourth-order valence-corrected chi connectivity index (χ4v) is 1.89. The number of anilines is 1. The van der Waals surface area contributed by atoms with Gasteiger partial charge < -0.3 is 10.3 Å². The fraction of sp³-hybridized carbons (Fsp3) is 0. The average molecular weight is 209 g/mol. The van der Waals surface area contributed by atoms with Crippen molar-refractivity contribution in [3.63, 3.8) is 0 Å². The molecule has 0 aliphatic carbocycles. The molecule has 2 N–H and O–H groups in total. The summed E-state index contributed by atoms with van der Waals surface area (Å²) in [4.78, 5) is 3.99. The summed E-state index contributed by atoms with van der Waals surface area (Å²) in [6.45, 7) is 0. The van der Waals surface area contributed by atoms with E-state index in [2.05, 4.69) is 27.8 Å². The molecule has 0 atom stereocenters. The van der Waals surface area contributed by atoms with Gasteiger partial charge in [0.2, 0.25) is 0 Å². The van der Waals surface area contributed by atoms with Crippen molar-refractivity contribution in [2.75, 3.05) is 5.73 Å². The maximum absolute atomic E-state index is 5.68. The summed E-state index contributed by atoms with van der Waals surface area (Å²) in [7, 11) is 0. The Balaban J connectivity index is 2.26. The average Bonchev–Trinajstić information content (AvgIpc) is 2.72. The van der Waals surface area contributed by atoms with E-state index in [1.54, 1.807) is 6.20 Å². The Hall–Kier alpha value is -2.29. The molecule has 16 heavy (non-hydrogen) atoms. The van der Waals surface area contributed by atoms with E-state index in [-0.39, 0.29) is 0 Å². The number of rotatable bonds is 1. The minimum atomic E-state index is 0.537. The third kappa shape index (κ3) is 1.34. The fourth-order valence-electron chi connectivity index (χ4n) is 1.89. The molecule has 0 fully saturated rings. The number of hydrogen-bond donors (Lipinski definition) is 1. The highest BCUT2D eigenvalue weighted by Gasteiger charge is 2.02. The number of pyridine rings is 1. The van der Waals surface area contributed by atoms with E-state index in [1.807, 2.05) is 30.5 Å². The van der Waals surface area contributed by atoms with Gasteiger partial charge in [-0.15, -0.1) is 0 Å². The van der Waals surface area contributed by atoms with Crippen LogP contribution in [-0.4, -0.2) is 9.55 Å². The van der Waals surface area contributed by atoms with Gasteiger partial charge in [-0.1, -0.05) is 18.2 Å². The predicted octanol–water partition coefficient (Wildman–Crippen LogP) is 2.61. The standard InChI is InChI=1S/C13H11N3/c14-13-9-11(5-7-15-13)16-8-6-10-3-1-2-4-12(10)16/h1-9H,(H2,14,15). The Morgan fingerprint density at radius 1 is 1.06 bits per heavy atom. The first-order chi connectivity index (χ1) is 7.84. The van der Waals surface area contributed by atoms with Gasteiger partial charge in [0, 0.05) is 18.5 Å². The molecular weight excluding hydrogens is 198 g/mol. The predicted molar refractivity (Wildman–Crippen MR) is 65.5 cm³/mol. The summed E-state index contributed by atoms with van der Waals surface area (Å²) in [5.74, 6) is 0.537. The second-order valence-corrected chi connectivity index (χ2v) is 3.68. The largest absolute Gasteiger partial charge is 0.384 e. The minimum Gasteiger partial charge on any atom is -0.384 e. The van der Waals surface area contributed by atoms with Gasteiger partial charge in [0.15, 0.2) is 0 Å². The second-order valence-electron chi connectivity index (χ2n) is 3.68. The number of benzene rings is 1. The zero-order chi connectivity index (χ0) is 11.0. The Morgan fingerprint density at radius 2 is 1.94 bits per heavy atom. The Kier molecular flexibility index (Phi) is 1.90. The minimum absolute atomic E-state index is 0.537. The highest BCUT2D eigenvalue weighted by atomic mass is 15.0. The third-order valence-corrected chi connectivity index (χ3v) is 2.64. The van der Waals surface area contributed by atoms with Gasteiger partial charge in [-0.3, -0.25) is 0 Å². The zero-order valence-electron chi connectivity index (χ0n) is 8.67. The first-order valence-electron chi connectivity index (χ1n) is 5.12. The van der Waals surface area contributed by atoms with Gasteiger partial charge in [-0.25, -0.2) is 4.98 Å². The summed E-state index contributed by atoms with van der Waals surface area (Å²) in [6.07, 6.45) is 3.76. The molecule has 0 bridgehead atoms. The maximum atomic E-state index is 5.68. The summed E-state index contributed by atoms with van der Waals surface area (Å²) >= 11 is 0. The van der Waals surface area contributed by atoms with Gasteiger partial charge in [-0.2, -0.15) is 0 Å². The normalized spacial score (nSPS) is 10.8. The number of para-hydroxylation sites is 1. The molecule has 0 aliphatic rings. The molecule has 2 heterocycles. The van der Waals surface area contributed by atoms with Crippen molar-refractivity contribution in [1.29, 1.82) is 0 Å². The van der Waals surface area contributed by atoms with Crippen LogP contribution in [0.3, 0.4) is 0 Å². The lowest BCUT2D eigenvalue weighted by Gasteiger charge is -2.05. The van der Waals surface area contributed by atoms with E-state index in [9.17, 15) is 0 Å². The van der Waals surface area contributed by atoms with Crippen LogP contribution in [0.4, 0.5) is 5.82 Å². The lowest BCUT2D eigenvalue weighted by molar-refractivity contribution is 1.11. The highest BCUT2D eigenvalue weighted by molar-refractivity contribution is 5.81. The molecule has 78 valence electrons. The zero-order valence-corrected chi connectivity index (χ0v) is 8.67. The Morgan fingerprint density at radius 3 is 2.81 bits per heavy atom. The van der Waals surface area contributed by atoms with Crippen LogP contribution >= 0.6 is 0 Å². The number of aromatic nitrogens is 2. The van der Waals surface area contributed by atoms with E-state index in [4.69, 9.17) is 5.73 Å². The second kappa shape index (κ2) is 3.38. The van der Waals surface area contributed by atoms with Crippen molar-refractivity contribution in [3.05, 3.63) is 54.9 Å². The van der Waals surface area contributed by atoms with Crippen LogP contribution in [0.25, 0.3) is 16.6 Å². The highest BCUT2D eigenvalue weighted by Crippen LogP contribution is 2.20. The number of fused-ring (bicyclic) bond motifs is 1. The molecule has 0 unspecified atom stereocenters. The number of nitrogen functional groups attached to an aromatic ring is 1. The van der Waals surface area contributed by atoms with Crippen molar-refractivity contribution in [2.24, 2.45) is 0 Å². The first-order valence-corrected chi connectivity index (χ1v) is 5.12. The summed E-state index contributed by atoms with van der Waals surface area (Å²) < 4.78 is 2.10. The van der Waals surface area contributed by atoms with Gasteiger partial charge in [0.1, 0.15) is 5.82 Å². The van der Waals surface area contributed by atoms with E-state index in [0.29, 0.717) is 5.82 Å². The molecule has 0 radical (unpaired) electrons. The molecule has 3 nitrogen and oxygen atoms in total. The molecule has 3 aromatic rings. The SMILES string of the molecule is Nc1cc(-n2ccc3ccccc32)ccn1. The molecule has 0 aliphatic heterocycles. The summed E-state index contributed by atoms with van der Waals surface area (Å²) in [5.41, 5.74) is 7.89. The molecule has 0 saturated heterocycles. The molecule has 0 spiro atoms. The lowest BCUT2D eigenvalue weighted by atomic mass is 10.2. The number of hydrogen-bond acceptors (Lipinski definition) is 2. The summed E-state index contributed by atoms with van der Waals surface area (Å²) in [5, 5.41) is 1.22. The van der Waals surface area contributed by atoms with Crippen molar-refractivity contribution in [3.8, 4) is 5.69 Å². The molecule has 3 heteroatoms. The van der Waals surface area contributed by atoms with Crippen LogP contribution in [0, 0.1) is 0 Å². The van der Waals surface area contributed by atoms with Crippen LogP contribution in [0.1, 0.15) is 0 Å². The molecular formula is C13H11N3. The number of nitrogens with two attached hydrogens (primary N) is 1. The molecule has 0 amide bonds. The first kappa shape index (κ1) is 8.97. The van der Waals surface area contributed by atoms with Gasteiger partial charge in [0.25, 0.3) is 0 Å². The summed E-state index contributed by atoms with van der Waals surface area (Å²) in [6, 6.07) is 14.2. The van der Waals surface area contributed by atoms with Gasteiger partial charge in [-0.05, 0) is 23.6 Å². The molecule has 0 saturated carbocycles. The van der Waals surface area contributed by atoms with Crippen LogP contribution in [-0.2, 0) is 0 Å².